The summed E-state index contributed by atoms with van der Waals surface area (Å²) in [7, 11) is 0. The Morgan fingerprint density at radius 2 is 2.22 bits per heavy atom. The van der Waals surface area contributed by atoms with Crippen molar-refractivity contribution in [3.8, 4) is 0 Å². The van der Waals surface area contributed by atoms with E-state index in [9.17, 15) is 4.79 Å². The van der Waals surface area contributed by atoms with Crippen molar-refractivity contribution >= 4 is 33.7 Å². The number of hydrogen-bond acceptors (Lipinski definition) is 3. The van der Waals surface area contributed by atoms with Crippen LogP contribution in [0.5, 0.6) is 0 Å². The minimum atomic E-state index is -0.314. The fraction of sp³-hybridized carbons (Fsp3) is 0.462. The Balaban J connectivity index is 2.10. The summed E-state index contributed by atoms with van der Waals surface area (Å²) in [4.78, 5) is 11.7. The summed E-state index contributed by atoms with van der Waals surface area (Å²) >= 11 is 2.22. The molecule has 0 fully saturated rings. The van der Waals surface area contributed by atoms with Gasteiger partial charge in [-0.3, -0.25) is 4.57 Å². The highest BCUT2D eigenvalue weighted by molar-refractivity contribution is 14.1. The molecule has 0 amide bonds. The number of benzene rings is 1. The zero-order chi connectivity index (χ0) is 13.0. The number of unbranched alkanes of at least 4 members (excludes halogenated alkanes) is 1. The van der Waals surface area contributed by atoms with Crippen LogP contribution in [-0.4, -0.2) is 17.8 Å². The molecule has 1 aromatic heterocycles. The first-order chi connectivity index (χ1) is 8.72. The molecule has 5 heteroatoms. The third-order valence-corrected chi connectivity index (χ3v) is 3.40. The third-order valence-electron chi connectivity index (χ3n) is 2.73. The van der Waals surface area contributed by atoms with Crippen molar-refractivity contribution in [1.82, 2.24) is 4.57 Å². The smallest absolute Gasteiger partial charge is 0.408 e. The zero-order valence-corrected chi connectivity index (χ0v) is 12.5. The lowest BCUT2D eigenvalue weighted by Crippen LogP contribution is -2.17. The van der Waals surface area contributed by atoms with Crippen molar-refractivity contribution in [2.24, 2.45) is 0 Å². The number of halogens is 1. The summed E-state index contributed by atoms with van der Waals surface area (Å²) in [6.45, 7) is 3.95. The first kappa shape index (κ1) is 13.6. The lowest BCUT2D eigenvalue weighted by atomic mass is 10.3. The third kappa shape index (κ3) is 3.14. The molecule has 1 heterocycles. The highest BCUT2D eigenvalue weighted by atomic mass is 127. The van der Waals surface area contributed by atoms with E-state index < -0.39 is 0 Å². The van der Waals surface area contributed by atoms with Crippen LogP contribution in [0.2, 0.25) is 0 Å². The first-order valence-electron chi connectivity index (χ1n) is 6.09. The number of rotatable bonds is 6. The van der Waals surface area contributed by atoms with Crippen LogP contribution in [0.25, 0.3) is 11.1 Å². The Morgan fingerprint density at radius 3 is 3.00 bits per heavy atom. The maximum Gasteiger partial charge on any atom is 0.420 e. The van der Waals surface area contributed by atoms with E-state index in [1.165, 1.54) is 0 Å². The van der Waals surface area contributed by atoms with E-state index >= 15 is 0 Å². The van der Waals surface area contributed by atoms with Gasteiger partial charge in [0.15, 0.2) is 5.58 Å². The molecule has 0 radical (unpaired) electrons. The highest BCUT2D eigenvalue weighted by Crippen LogP contribution is 2.16. The van der Waals surface area contributed by atoms with Crippen molar-refractivity contribution in [2.75, 3.05) is 13.2 Å². The van der Waals surface area contributed by atoms with Crippen LogP contribution in [0.3, 0.4) is 0 Å². The average Bonchev–Trinajstić information content (AvgIpc) is 2.65. The second-order valence-electron chi connectivity index (χ2n) is 4.10. The number of nitrogens with zero attached hydrogens (tertiary/aromatic N) is 1. The number of aromatic nitrogens is 1. The van der Waals surface area contributed by atoms with Gasteiger partial charge in [-0.15, -0.1) is 0 Å². The van der Waals surface area contributed by atoms with Crippen LogP contribution < -0.4 is 5.76 Å². The summed E-state index contributed by atoms with van der Waals surface area (Å²) in [5.41, 5.74) is 1.47. The van der Waals surface area contributed by atoms with Gasteiger partial charge < -0.3 is 9.15 Å². The van der Waals surface area contributed by atoms with Gasteiger partial charge >= 0.3 is 5.76 Å². The van der Waals surface area contributed by atoms with E-state index in [2.05, 4.69) is 29.5 Å². The molecule has 0 saturated heterocycles. The average molecular weight is 361 g/mol. The van der Waals surface area contributed by atoms with E-state index in [4.69, 9.17) is 9.15 Å². The van der Waals surface area contributed by atoms with Crippen LogP contribution in [0.4, 0.5) is 0 Å². The molecule has 2 rings (SSSR count). The van der Waals surface area contributed by atoms with E-state index in [0.717, 1.165) is 28.5 Å². The molecule has 18 heavy (non-hydrogen) atoms. The van der Waals surface area contributed by atoms with Gasteiger partial charge in [0.25, 0.3) is 0 Å². The monoisotopic (exact) mass is 361 g/mol. The Kier molecular flexibility index (Phi) is 4.82. The second kappa shape index (κ2) is 6.38. The molecule has 1 aromatic carbocycles. The number of fused-ring (bicyclic) bond motifs is 1. The molecule has 4 nitrogen and oxygen atoms in total. The maximum atomic E-state index is 11.7. The Bertz CT molecular complexity index is 573. The first-order valence-corrected chi connectivity index (χ1v) is 7.17. The van der Waals surface area contributed by atoms with Crippen molar-refractivity contribution in [1.29, 1.82) is 0 Å². The van der Waals surface area contributed by atoms with E-state index in [1.807, 2.05) is 18.2 Å². The van der Waals surface area contributed by atoms with Gasteiger partial charge in [0.05, 0.1) is 18.7 Å². The Hall–Kier alpha value is -0.820. The van der Waals surface area contributed by atoms with E-state index in [0.29, 0.717) is 18.7 Å². The molecular formula is C13H16INO3. The molecule has 0 N–H and O–H groups in total. The van der Waals surface area contributed by atoms with Gasteiger partial charge in [0, 0.05) is 10.2 Å². The minimum Gasteiger partial charge on any atom is -0.408 e. The molecular weight excluding hydrogens is 345 g/mol. The predicted octanol–water partition coefficient (Wildman–Crippen LogP) is 3.02. The van der Waals surface area contributed by atoms with Crippen molar-refractivity contribution in [3.63, 3.8) is 0 Å². The largest absolute Gasteiger partial charge is 0.420 e. The van der Waals surface area contributed by atoms with Gasteiger partial charge in [-0.2, -0.15) is 0 Å². The van der Waals surface area contributed by atoms with Crippen LogP contribution >= 0.6 is 22.6 Å². The summed E-state index contributed by atoms with van der Waals surface area (Å²) < 4.78 is 13.4. The molecule has 0 bridgehead atoms. The molecule has 0 aliphatic carbocycles. The summed E-state index contributed by atoms with van der Waals surface area (Å²) in [6, 6.07) is 5.70. The second-order valence-corrected chi connectivity index (χ2v) is 5.34. The van der Waals surface area contributed by atoms with Crippen molar-refractivity contribution in [2.45, 2.75) is 26.3 Å². The lowest BCUT2D eigenvalue weighted by Gasteiger charge is -2.04. The van der Waals surface area contributed by atoms with Crippen LogP contribution in [0.1, 0.15) is 19.8 Å². The molecule has 0 aliphatic heterocycles. The molecule has 2 aromatic rings. The quantitative estimate of drug-likeness (QED) is 0.587. The Morgan fingerprint density at radius 1 is 1.39 bits per heavy atom. The minimum absolute atomic E-state index is 0.314. The summed E-state index contributed by atoms with van der Waals surface area (Å²) in [5, 5.41) is 0. The van der Waals surface area contributed by atoms with Crippen molar-refractivity contribution < 1.29 is 9.15 Å². The number of ether oxygens (including phenoxy) is 1. The van der Waals surface area contributed by atoms with Crippen LogP contribution in [-0.2, 0) is 11.3 Å². The van der Waals surface area contributed by atoms with Crippen LogP contribution in [0.15, 0.2) is 27.4 Å². The van der Waals surface area contributed by atoms with Gasteiger partial charge in [0.2, 0.25) is 0 Å². The van der Waals surface area contributed by atoms with E-state index in [1.54, 1.807) is 4.57 Å². The molecule has 98 valence electrons. The fourth-order valence-electron chi connectivity index (χ4n) is 1.75. The highest BCUT2D eigenvalue weighted by Gasteiger charge is 2.08. The van der Waals surface area contributed by atoms with Gasteiger partial charge in [-0.1, -0.05) is 13.3 Å². The van der Waals surface area contributed by atoms with Gasteiger partial charge in [0.1, 0.15) is 0 Å². The molecule has 0 spiro atoms. The standard InChI is InChI=1S/C13H16INO3/c1-2-3-7-17-8-6-15-11-9-10(14)4-5-12(11)18-13(15)16/h4-5,9H,2-3,6-8H2,1H3. The molecule has 0 unspecified atom stereocenters. The van der Waals surface area contributed by atoms with Crippen LogP contribution in [0, 0.1) is 3.57 Å². The summed E-state index contributed by atoms with van der Waals surface area (Å²) in [6.07, 6.45) is 2.17. The molecule has 0 atom stereocenters. The zero-order valence-electron chi connectivity index (χ0n) is 10.3. The lowest BCUT2D eigenvalue weighted by molar-refractivity contribution is 0.123. The SMILES string of the molecule is CCCCOCCn1c(=O)oc2ccc(I)cc21. The normalized spacial score (nSPS) is 11.2. The van der Waals surface area contributed by atoms with E-state index in [-0.39, 0.29) is 5.76 Å². The predicted molar refractivity (Wildman–Crippen MR) is 78.9 cm³/mol. The Labute approximate surface area is 119 Å². The van der Waals surface area contributed by atoms with Gasteiger partial charge in [-0.25, -0.2) is 4.79 Å². The molecule has 0 aliphatic rings. The van der Waals surface area contributed by atoms with Crippen molar-refractivity contribution in [3.05, 3.63) is 32.3 Å². The maximum absolute atomic E-state index is 11.7. The number of hydrogen-bond donors (Lipinski definition) is 0. The summed E-state index contributed by atoms with van der Waals surface area (Å²) in [5.74, 6) is -0.314. The molecule has 0 saturated carbocycles. The van der Waals surface area contributed by atoms with Gasteiger partial charge in [-0.05, 0) is 47.2 Å². The topological polar surface area (TPSA) is 44.4 Å². The fourth-order valence-corrected chi connectivity index (χ4v) is 2.23. The number of oxazole rings is 1.